The summed E-state index contributed by atoms with van der Waals surface area (Å²) in [5.74, 6) is -1.36. The fraction of sp³-hybridized carbons (Fsp3) is 0.545. The number of amides is 4. The number of carbonyl (C=O) groups excluding carboxylic acids is 4. The fourth-order valence-electron chi connectivity index (χ4n) is 3.38. The largest absolute Gasteiger partial charge is 0.454 e. The Hall–Kier alpha value is -2.90. The predicted octanol–water partition coefficient (Wildman–Crippen LogP) is 2.33. The molecule has 1 fully saturated rings. The van der Waals surface area contributed by atoms with Crippen molar-refractivity contribution in [2.75, 3.05) is 19.7 Å². The van der Waals surface area contributed by atoms with E-state index in [9.17, 15) is 19.2 Å². The van der Waals surface area contributed by atoms with Crippen molar-refractivity contribution in [1.29, 1.82) is 0 Å². The number of hydrogen-bond donors (Lipinski definition) is 2. The summed E-state index contributed by atoms with van der Waals surface area (Å²) in [6.45, 7) is 5.34. The van der Waals surface area contributed by atoms with Crippen LogP contribution >= 0.6 is 0 Å². The Bertz CT molecular complexity index is 767. The van der Waals surface area contributed by atoms with E-state index in [1.165, 1.54) is 0 Å². The summed E-state index contributed by atoms with van der Waals surface area (Å²) < 4.78 is 4.96. The lowest BCUT2D eigenvalue weighted by atomic mass is 9.92. The minimum atomic E-state index is -1.25. The number of ether oxygens (including phenoxy) is 1. The molecular weight excluding hydrogens is 386 g/mol. The van der Waals surface area contributed by atoms with Gasteiger partial charge in [0.25, 0.3) is 11.8 Å². The van der Waals surface area contributed by atoms with E-state index in [4.69, 9.17) is 4.74 Å². The van der Waals surface area contributed by atoms with Gasteiger partial charge in [0.05, 0.1) is 0 Å². The Morgan fingerprint density at radius 2 is 1.90 bits per heavy atom. The van der Waals surface area contributed by atoms with E-state index in [2.05, 4.69) is 24.5 Å². The number of nitrogens with one attached hydrogen (secondary N) is 2. The van der Waals surface area contributed by atoms with Gasteiger partial charge >= 0.3 is 12.0 Å². The number of esters is 1. The van der Waals surface area contributed by atoms with Crippen LogP contribution in [0.25, 0.3) is 0 Å². The van der Waals surface area contributed by atoms with Crippen molar-refractivity contribution in [2.45, 2.75) is 52.0 Å². The van der Waals surface area contributed by atoms with Gasteiger partial charge in [-0.25, -0.2) is 4.79 Å². The van der Waals surface area contributed by atoms with E-state index < -0.39 is 42.5 Å². The standard InChI is InChI=1S/C22H31N3O5/c1-4-6-10-16(5-2)13-23-18(26)15-30-19(27)14-25-20(28)22(3,24-21(25)29)17-11-8-7-9-12-17/h7-9,11-12,16H,4-6,10,13-15H2,1-3H3,(H,23,26)(H,24,29)/t16-,22-/m0/s1. The van der Waals surface area contributed by atoms with Crippen molar-refractivity contribution in [1.82, 2.24) is 15.5 Å². The topological polar surface area (TPSA) is 105 Å². The van der Waals surface area contributed by atoms with Gasteiger partial charge in [-0.2, -0.15) is 0 Å². The second-order valence-electron chi connectivity index (χ2n) is 7.69. The predicted molar refractivity (Wildman–Crippen MR) is 111 cm³/mol. The number of urea groups is 1. The number of nitrogens with zero attached hydrogens (tertiary/aromatic N) is 1. The molecule has 1 aliphatic rings. The van der Waals surface area contributed by atoms with Crippen molar-refractivity contribution < 1.29 is 23.9 Å². The lowest BCUT2D eigenvalue weighted by molar-refractivity contribution is -0.151. The van der Waals surface area contributed by atoms with E-state index >= 15 is 0 Å². The van der Waals surface area contributed by atoms with Gasteiger partial charge in [-0.3, -0.25) is 19.3 Å². The smallest absolute Gasteiger partial charge is 0.326 e. The molecule has 2 rings (SSSR count). The van der Waals surface area contributed by atoms with Crippen LogP contribution in [0.4, 0.5) is 4.79 Å². The van der Waals surface area contributed by atoms with Crippen LogP contribution in [0.15, 0.2) is 30.3 Å². The highest BCUT2D eigenvalue weighted by Gasteiger charge is 2.49. The zero-order valence-electron chi connectivity index (χ0n) is 17.9. The molecule has 1 aromatic rings. The first kappa shape index (κ1) is 23.4. The van der Waals surface area contributed by atoms with Gasteiger partial charge < -0.3 is 15.4 Å². The highest BCUT2D eigenvalue weighted by atomic mass is 16.5. The molecule has 1 aromatic carbocycles. The average molecular weight is 418 g/mol. The molecule has 0 spiro atoms. The number of hydrogen-bond acceptors (Lipinski definition) is 5. The average Bonchev–Trinajstić information content (AvgIpc) is 2.97. The summed E-state index contributed by atoms with van der Waals surface area (Å²) in [7, 11) is 0. The van der Waals surface area contributed by atoms with Crippen molar-refractivity contribution in [2.24, 2.45) is 5.92 Å². The van der Waals surface area contributed by atoms with Gasteiger partial charge in [0, 0.05) is 6.54 Å². The van der Waals surface area contributed by atoms with E-state index in [0.29, 0.717) is 18.0 Å². The summed E-state index contributed by atoms with van der Waals surface area (Å²) in [5, 5.41) is 5.39. The van der Waals surface area contributed by atoms with E-state index in [-0.39, 0.29) is 0 Å². The summed E-state index contributed by atoms with van der Waals surface area (Å²) >= 11 is 0. The number of rotatable bonds is 11. The first-order chi connectivity index (χ1) is 14.3. The molecule has 0 aliphatic carbocycles. The minimum absolute atomic E-state index is 0.395. The van der Waals surface area contributed by atoms with E-state index in [1.807, 2.05) is 0 Å². The Balaban J connectivity index is 1.82. The SMILES string of the molecule is CCCC[C@H](CC)CNC(=O)COC(=O)CN1C(=O)N[C@@](C)(c2ccccc2)C1=O. The second kappa shape index (κ2) is 10.8. The molecule has 2 atom stereocenters. The van der Waals surface area contributed by atoms with Crippen LogP contribution in [0.3, 0.4) is 0 Å². The van der Waals surface area contributed by atoms with Crippen LogP contribution in [-0.4, -0.2) is 48.4 Å². The molecule has 2 N–H and O–H groups in total. The molecule has 8 heteroatoms. The molecule has 0 saturated carbocycles. The molecule has 1 heterocycles. The number of carbonyl (C=O) groups is 4. The molecule has 8 nitrogen and oxygen atoms in total. The minimum Gasteiger partial charge on any atom is -0.454 e. The lowest BCUT2D eigenvalue weighted by Gasteiger charge is -2.21. The number of unbranched alkanes of at least 4 members (excludes halogenated alkanes) is 1. The first-order valence-electron chi connectivity index (χ1n) is 10.4. The zero-order valence-corrected chi connectivity index (χ0v) is 17.9. The van der Waals surface area contributed by atoms with Crippen molar-refractivity contribution in [3.8, 4) is 0 Å². The molecule has 0 bridgehead atoms. The van der Waals surface area contributed by atoms with Gasteiger partial charge in [0.15, 0.2) is 6.61 Å². The van der Waals surface area contributed by atoms with Gasteiger partial charge in [0.2, 0.25) is 0 Å². The molecule has 0 unspecified atom stereocenters. The maximum Gasteiger partial charge on any atom is 0.326 e. The zero-order chi connectivity index (χ0) is 22.1. The molecule has 0 aromatic heterocycles. The van der Waals surface area contributed by atoms with Crippen molar-refractivity contribution >= 4 is 23.8 Å². The van der Waals surface area contributed by atoms with Gasteiger partial charge in [0.1, 0.15) is 12.1 Å². The lowest BCUT2D eigenvalue weighted by Crippen LogP contribution is -2.42. The Morgan fingerprint density at radius 1 is 1.20 bits per heavy atom. The first-order valence-corrected chi connectivity index (χ1v) is 10.4. The van der Waals surface area contributed by atoms with Crippen LogP contribution in [0.1, 0.15) is 52.0 Å². The van der Waals surface area contributed by atoms with Gasteiger partial charge in [-0.05, 0) is 24.8 Å². The van der Waals surface area contributed by atoms with Crippen LogP contribution in [0, 0.1) is 5.92 Å². The molecule has 1 aliphatic heterocycles. The van der Waals surface area contributed by atoms with Crippen molar-refractivity contribution in [3.05, 3.63) is 35.9 Å². The summed E-state index contributed by atoms with van der Waals surface area (Å²) in [4.78, 5) is 49.9. The number of imide groups is 1. The number of benzene rings is 1. The maximum atomic E-state index is 12.8. The van der Waals surface area contributed by atoms with Crippen molar-refractivity contribution in [3.63, 3.8) is 0 Å². The van der Waals surface area contributed by atoms with E-state index in [1.54, 1.807) is 37.3 Å². The van der Waals surface area contributed by atoms with E-state index in [0.717, 1.165) is 30.6 Å². The Kier molecular flexibility index (Phi) is 8.38. The normalized spacial score (nSPS) is 19.4. The molecule has 164 valence electrons. The highest BCUT2D eigenvalue weighted by molar-refractivity contribution is 6.08. The monoisotopic (exact) mass is 417 g/mol. The third-order valence-electron chi connectivity index (χ3n) is 5.41. The van der Waals surface area contributed by atoms with Crippen LogP contribution in [0.5, 0.6) is 0 Å². The fourth-order valence-corrected chi connectivity index (χ4v) is 3.38. The quantitative estimate of drug-likeness (QED) is 0.425. The van der Waals surface area contributed by atoms with Gasteiger partial charge in [-0.15, -0.1) is 0 Å². The van der Waals surface area contributed by atoms with Crippen LogP contribution < -0.4 is 10.6 Å². The molecule has 30 heavy (non-hydrogen) atoms. The molecular formula is C22H31N3O5. The van der Waals surface area contributed by atoms with Crippen LogP contribution in [-0.2, 0) is 24.7 Å². The Labute approximate surface area is 177 Å². The molecule has 0 radical (unpaired) electrons. The van der Waals surface area contributed by atoms with Crippen LogP contribution in [0.2, 0.25) is 0 Å². The summed E-state index contributed by atoms with van der Waals surface area (Å²) in [6, 6.07) is 8.13. The third-order valence-corrected chi connectivity index (χ3v) is 5.41. The molecule has 4 amide bonds. The highest BCUT2D eigenvalue weighted by Crippen LogP contribution is 2.28. The van der Waals surface area contributed by atoms with Gasteiger partial charge in [-0.1, -0.05) is 63.4 Å². The third kappa shape index (κ3) is 5.81. The summed E-state index contributed by atoms with van der Waals surface area (Å²) in [6.07, 6.45) is 4.22. The second-order valence-corrected chi connectivity index (χ2v) is 7.69. The molecule has 1 saturated heterocycles. The summed E-state index contributed by atoms with van der Waals surface area (Å²) in [5.41, 5.74) is -0.629. The maximum absolute atomic E-state index is 12.8. The Morgan fingerprint density at radius 3 is 2.53 bits per heavy atom.